The summed E-state index contributed by atoms with van der Waals surface area (Å²) in [5, 5.41) is 11.4. The molecule has 0 atom stereocenters. The summed E-state index contributed by atoms with van der Waals surface area (Å²) in [6.07, 6.45) is 8.69. The normalized spacial score (nSPS) is 10.7. The van der Waals surface area contributed by atoms with Crippen LogP contribution in [0.15, 0.2) is 54.9 Å². The lowest BCUT2D eigenvalue weighted by Crippen LogP contribution is -2.27. The summed E-state index contributed by atoms with van der Waals surface area (Å²) >= 11 is 0. The first-order chi connectivity index (χ1) is 20.0. The van der Waals surface area contributed by atoms with Crippen molar-refractivity contribution in [3.05, 3.63) is 82.9 Å². The second-order valence-corrected chi connectivity index (χ2v) is 10.00. The predicted molar refractivity (Wildman–Crippen MR) is 167 cm³/mol. The fraction of sp³-hybridized carbons (Fsp3) is 0.419. The van der Waals surface area contributed by atoms with Crippen LogP contribution in [0.5, 0.6) is 11.5 Å². The van der Waals surface area contributed by atoms with Crippen LogP contribution >= 0.6 is 12.4 Å². The van der Waals surface area contributed by atoms with Crippen LogP contribution in [0.4, 0.5) is 5.95 Å². The molecule has 0 aliphatic carbocycles. The largest absolute Gasteiger partial charge is 0.490 e. The summed E-state index contributed by atoms with van der Waals surface area (Å²) in [5.41, 5.74) is 11.2. The molecule has 0 aliphatic rings. The topological polar surface area (TPSA) is 122 Å². The molecule has 42 heavy (non-hydrogen) atoms. The molecule has 0 bridgehead atoms. The van der Waals surface area contributed by atoms with Crippen molar-refractivity contribution >= 4 is 24.3 Å². The van der Waals surface area contributed by atoms with Crippen LogP contribution in [-0.2, 0) is 25.9 Å². The average molecular weight is 596 g/mol. The third kappa shape index (κ3) is 9.24. The van der Waals surface area contributed by atoms with Gasteiger partial charge in [0.2, 0.25) is 5.95 Å². The first-order valence-corrected chi connectivity index (χ1v) is 14.4. The summed E-state index contributed by atoms with van der Waals surface area (Å²) in [6.45, 7) is 8.79. The van der Waals surface area contributed by atoms with Crippen LogP contribution in [-0.4, -0.2) is 50.2 Å². The van der Waals surface area contributed by atoms with Gasteiger partial charge in [0.1, 0.15) is 0 Å². The zero-order chi connectivity index (χ0) is 29.0. The Labute approximate surface area is 254 Å². The lowest BCUT2D eigenvalue weighted by Gasteiger charge is -2.14. The highest BCUT2D eigenvalue weighted by atomic mass is 35.5. The van der Waals surface area contributed by atoms with Crippen molar-refractivity contribution in [3.8, 4) is 11.5 Å². The van der Waals surface area contributed by atoms with Crippen molar-refractivity contribution in [3.63, 3.8) is 0 Å². The van der Waals surface area contributed by atoms with Gasteiger partial charge < -0.3 is 25.1 Å². The van der Waals surface area contributed by atoms with Gasteiger partial charge in [-0.1, -0.05) is 35.4 Å². The van der Waals surface area contributed by atoms with Gasteiger partial charge in [0.15, 0.2) is 11.5 Å². The van der Waals surface area contributed by atoms with Gasteiger partial charge in [-0.2, -0.15) is 0 Å². The number of amides is 1. The van der Waals surface area contributed by atoms with Crippen LogP contribution in [0.25, 0.3) is 0 Å². The molecule has 0 radical (unpaired) electrons. The van der Waals surface area contributed by atoms with Gasteiger partial charge in [-0.05, 0) is 76.3 Å². The molecule has 0 spiro atoms. The minimum Gasteiger partial charge on any atom is -0.490 e. The number of nitrogens with one attached hydrogen (secondary N) is 1. The second kappa shape index (κ2) is 16.4. The number of hydrogen-bond donors (Lipinski definition) is 2. The van der Waals surface area contributed by atoms with Crippen molar-refractivity contribution in [2.75, 3.05) is 25.5 Å². The molecule has 0 saturated carbocycles. The number of nitrogens with zero attached hydrogens (tertiary/aromatic N) is 5. The van der Waals surface area contributed by atoms with Crippen molar-refractivity contribution < 1.29 is 14.3 Å². The number of imidazole rings is 1. The molecule has 2 aromatic heterocycles. The van der Waals surface area contributed by atoms with E-state index in [4.69, 9.17) is 15.2 Å². The number of rotatable bonds is 16. The number of benzene rings is 2. The predicted octanol–water partition coefficient (Wildman–Crippen LogP) is 5.02. The van der Waals surface area contributed by atoms with Crippen molar-refractivity contribution in [2.24, 2.45) is 0 Å². The van der Waals surface area contributed by atoms with E-state index in [1.54, 1.807) is 4.68 Å². The fourth-order valence-electron chi connectivity index (χ4n) is 4.63. The number of anilines is 1. The van der Waals surface area contributed by atoms with E-state index in [-0.39, 0.29) is 18.3 Å². The van der Waals surface area contributed by atoms with Gasteiger partial charge in [-0.15, -0.1) is 17.5 Å². The molecule has 11 heteroatoms. The SMILES string of the molecule is CCOc1ccc(Cn2c(CCCCCc3cn(CCNC(=O)c4ccc(C)cc4)nn3)cnc2N)cc1OCC.Cl. The van der Waals surface area contributed by atoms with E-state index >= 15 is 0 Å². The minimum absolute atomic E-state index is 0. The molecule has 4 aromatic rings. The Bertz CT molecular complexity index is 1400. The molecule has 1 amide bonds. The van der Waals surface area contributed by atoms with E-state index in [9.17, 15) is 4.79 Å². The van der Waals surface area contributed by atoms with Crippen LogP contribution in [0.3, 0.4) is 0 Å². The van der Waals surface area contributed by atoms with Gasteiger partial charge in [-0.3, -0.25) is 9.48 Å². The molecule has 0 aliphatic heterocycles. The first-order valence-electron chi connectivity index (χ1n) is 14.4. The third-order valence-corrected chi connectivity index (χ3v) is 6.81. The first kappa shape index (κ1) is 32.5. The zero-order valence-corrected chi connectivity index (χ0v) is 25.5. The monoisotopic (exact) mass is 595 g/mol. The highest BCUT2D eigenvalue weighted by Crippen LogP contribution is 2.29. The average Bonchev–Trinajstić information content (AvgIpc) is 3.56. The molecule has 4 rings (SSSR count). The lowest BCUT2D eigenvalue weighted by molar-refractivity contribution is 0.0952. The Morgan fingerprint density at radius 3 is 2.48 bits per heavy atom. The number of carbonyl (C=O) groups is 1. The summed E-state index contributed by atoms with van der Waals surface area (Å²) in [7, 11) is 0. The molecular formula is C31H42ClN7O3. The number of ether oxygens (including phenoxy) is 2. The van der Waals surface area contributed by atoms with Crippen LogP contribution in [0.2, 0.25) is 0 Å². The Kier molecular flexibility index (Phi) is 12.7. The maximum atomic E-state index is 12.3. The van der Waals surface area contributed by atoms with Crippen molar-refractivity contribution in [1.29, 1.82) is 0 Å². The van der Waals surface area contributed by atoms with Gasteiger partial charge in [0, 0.05) is 24.0 Å². The summed E-state index contributed by atoms with van der Waals surface area (Å²) in [4.78, 5) is 16.6. The van der Waals surface area contributed by atoms with E-state index in [0.717, 1.165) is 66.1 Å². The number of aryl methyl sites for hydroxylation is 3. The van der Waals surface area contributed by atoms with E-state index in [1.807, 2.05) is 75.6 Å². The van der Waals surface area contributed by atoms with E-state index in [2.05, 4.69) is 25.2 Å². The standard InChI is InChI=1S/C31H41N7O3.ClH/c1-4-40-28-16-13-24(19-29(28)41-5-2)21-38-27(20-34-31(38)32)10-8-6-7-9-26-22-37(36-35-26)18-17-33-30(39)25-14-11-23(3)12-15-25;/h11-16,19-20,22H,4-10,17-18,21H2,1-3H3,(H2,32,34)(H,33,39);1H. The molecule has 0 fully saturated rings. The Morgan fingerprint density at radius 1 is 0.976 bits per heavy atom. The molecule has 226 valence electrons. The molecule has 0 unspecified atom stereocenters. The number of unbranched alkanes of at least 4 members (excludes halogenated alkanes) is 2. The Hall–Kier alpha value is -4.05. The Balaban J connectivity index is 0.00000484. The molecule has 2 heterocycles. The quantitative estimate of drug-likeness (QED) is 0.174. The summed E-state index contributed by atoms with van der Waals surface area (Å²) in [6, 6.07) is 13.6. The van der Waals surface area contributed by atoms with Crippen LogP contribution < -0.4 is 20.5 Å². The summed E-state index contributed by atoms with van der Waals surface area (Å²) < 4.78 is 15.3. The highest BCUT2D eigenvalue weighted by Gasteiger charge is 2.12. The molecule has 0 saturated heterocycles. The third-order valence-electron chi connectivity index (χ3n) is 6.81. The van der Waals surface area contributed by atoms with E-state index in [0.29, 0.717) is 44.4 Å². The van der Waals surface area contributed by atoms with Gasteiger partial charge in [0.05, 0.1) is 38.2 Å². The number of hydrogen-bond acceptors (Lipinski definition) is 7. The fourth-order valence-corrected chi connectivity index (χ4v) is 4.63. The van der Waals surface area contributed by atoms with Crippen LogP contribution in [0.1, 0.15) is 66.0 Å². The van der Waals surface area contributed by atoms with Gasteiger partial charge in [0.25, 0.3) is 5.91 Å². The number of carbonyl (C=O) groups excluding carboxylic acids is 1. The molecule has 3 N–H and O–H groups in total. The molecular weight excluding hydrogens is 554 g/mol. The highest BCUT2D eigenvalue weighted by molar-refractivity contribution is 5.94. The van der Waals surface area contributed by atoms with Gasteiger partial charge in [-0.25, -0.2) is 4.98 Å². The number of halogens is 1. The van der Waals surface area contributed by atoms with Crippen molar-refractivity contribution in [1.82, 2.24) is 29.9 Å². The number of nitrogens with two attached hydrogens (primary N) is 1. The van der Waals surface area contributed by atoms with E-state index in [1.165, 1.54) is 0 Å². The lowest BCUT2D eigenvalue weighted by atomic mass is 10.1. The maximum absolute atomic E-state index is 12.3. The smallest absolute Gasteiger partial charge is 0.251 e. The van der Waals surface area contributed by atoms with Crippen molar-refractivity contribution in [2.45, 2.75) is 66.0 Å². The van der Waals surface area contributed by atoms with Gasteiger partial charge >= 0.3 is 0 Å². The van der Waals surface area contributed by atoms with Crippen LogP contribution in [0, 0.1) is 6.92 Å². The molecule has 2 aromatic carbocycles. The second-order valence-electron chi connectivity index (χ2n) is 10.00. The summed E-state index contributed by atoms with van der Waals surface area (Å²) in [5.74, 6) is 1.93. The number of aromatic nitrogens is 5. The molecule has 10 nitrogen and oxygen atoms in total. The number of nitrogen functional groups attached to an aromatic ring is 1. The van der Waals surface area contributed by atoms with E-state index < -0.39 is 0 Å². The Morgan fingerprint density at radius 2 is 1.71 bits per heavy atom. The minimum atomic E-state index is -0.0804. The maximum Gasteiger partial charge on any atom is 0.251 e. The zero-order valence-electron chi connectivity index (χ0n) is 24.7.